The molecule has 14 heavy (non-hydrogen) atoms. The number of hydrogen-bond acceptors (Lipinski definition) is 2. The van der Waals surface area contributed by atoms with Crippen molar-refractivity contribution in [2.75, 3.05) is 0 Å². The first-order valence-corrected chi connectivity index (χ1v) is 4.66. The molecule has 0 radical (unpaired) electrons. The molecule has 0 aliphatic heterocycles. The molecule has 0 amide bonds. The zero-order chi connectivity index (χ0) is 11.0. The highest BCUT2D eigenvalue weighted by atomic mass is 16.1. The van der Waals surface area contributed by atoms with Crippen LogP contribution in [0, 0.1) is 0 Å². The van der Waals surface area contributed by atoms with Gasteiger partial charge in [0.25, 0.3) is 0 Å². The van der Waals surface area contributed by atoms with E-state index in [-0.39, 0.29) is 5.78 Å². The van der Waals surface area contributed by atoms with Crippen molar-refractivity contribution in [2.45, 2.75) is 27.2 Å². The van der Waals surface area contributed by atoms with Crippen molar-refractivity contribution in [3.63, 3.8) is 0 Å². The summed E-state index contributed by atoms with van der Waals surface area (Å²) in [5.41, 5.74) is 1.48. The third kappa shape index (κ3) is 6.12. The zero-order valence-electron chi connectivity index (χ0n) is 9.08. The van der Waals surface area contributed by atoms with Crippen LogP contribution in [0.5, 0.6) is 0 Å². The SMILES string of the molecule is C=CC(/C=C\CC)=N/C(C)=C\C(C)=O. The van der Waals surface area contributed by atoms with Gasteiger partial charge in [-0.3, -0.25) is 9.79 Å². The van der Waals surface area contributed by atoms with Crippen LogP contribution in [0.4, 0.5) is 0 Å². The molecule has 0 aromatic carbocycles. The minimum Gasteiger partial charge on any atom is -0.295 e. The summed E-state index contributed by atoms with van der Waals surface area (Å²) in [6, 6.07) is 0. The molecule has 0 fully saturated rings. The summed E-state index contributed by atoms with van der Waals surface area (Å²) in [6.45, 7) is 9.01. The van der Waals surface area contributed by atoms with Crippen molar-refractivity contribution in [1.29, 1.82) is 0 Å². The van der Waals surface area contributed by atoms with Gasteiger partial charge in [0.1, 0.15) is 0 Å². The van der Waals surface area contributed by atoms with Gasteiger partial charge in [0.2, 0.25) is 0 Å². The van der Waals surface area contributed by atoms with Crippen LogP contribution < -0.4 is 0 Å². The Hall–Kier alpha value is -1.44. The summed E-state index contributed by atoms with van der Waals surface area (Å²) in [6.07, 6.45) is 8.03. The van der Waals surface area contributed by atoms with Gasteiger partial charge in [0.15, 0.2) is 5.78 Å². The van der Waals surface area contributed by atoms with E-state index in [1.54, 1.807) is 13.0 Å². The molecule has 0 bridgehead atoms. The van der Waals surface area contributed by atoms with Crippen LogP contribution in [-0.2, 0) is 4.79 Å². The van der Waals surface area contributed by atoms with E-state index in [0.29, 0.717) is 5.70 Å². The molecule has 0 heterocycles. The highest BCUT2D eigenvalue weighted by Crippen LogP contribution is 1.98. The molecule has 0 rings (SSSR count). The lowest BCUT2D eigenvalue weighted by molar-refractivity contribution is -0.112. The Morgan fingerprint density at radius 2 is 2.07 bits per heavy atom. The largest absolute Gasteiger partial charge is 0.295 e. The molecule has 0 aliphatic carbocycles. The van der Waals surface area contributed by atoms with Gasteiger partial charge in [-0.15, -0.1) is 0 Å². The standard InChI is InChI=1S/C12H17NO/c1-5-7-8-12(6-2)13-10(3)9-11(4)14/h6-9H,2,5H2,1,3-4H3/b8-7-,10-9-,13-12-. The first-order chi connectivity index (χ1) is 6.60. The fourth-order valence-corrected chi connectivity index (χ4v) is 0.920. The topological polar surface area (TPSA) is 29.4 Å². The van der Waals surface area contributed by atoms with Crippen LogP contribution in [0.2, 0.25) is 0 Å². The molecule has 2 nitrogen and oxygen atoms in total. The average molecular weight is 191 g/mol. The lowest BCUT2D eigenvalue weighted by atomic mass is 10.3. The van der Waals surface area contributed by atoms with Gasteiger partial charge in [-0.2, -0.15) is 0 Å². The van der Waals surface area contributed by atoms with Gasteiger partial charge in [-0.1, -0.05) is 19.6 Å². The van der Waals surface area contributed by atoms with E-state index in [0.717, 1.165) is 12.1 Å². The maximum Gasteiger partial charge on any atom is 0.154 e. The quantitative estimate of drug-likeness (QED) is 0.485. The van der Waals surface area contributed by atoms with Crippen molar-refractivity contribution < 1.29 is 4.79 Å². The summed E-state index contributed by atoms with van der Waals surface area (Å²) < 4.78 is 0. The van der Waals surface area contributed by atoms with Crippen molar-refractivity contribution in [2.24, 2.45) is 4.99 Å². The van der Waals surface area contributed by atoms with Gasteiger partial charge in [-0.05, 0) is 32.4 Å². The molecule has 0 aliphatic rings. The lowest BCUT2D eigenvalue weighted by Crippen LogP contribution is -1.89. The van der Waals surface area contributed by atoms with Crippen LogP contribution in [0.25, 0.3) is 0 Å². The van der Waals surface area contributed by atoms with Crippen LogP contribution in [0.1, 0.15) is 27.2 Å². The zero-order valence-corrected chi connectivity index (χ0v) is 9.08. The van der Waals surface area contributed by atoms with E-state index >= 15 is 0 Å². The smallest absolute Gasteiger partial charge is 0.154 e. The Morgan fingerprint density at radius 3 is 2.50 bits per heavy atom. The van der Waals surface area contributed by atoms with E-state index in [4.69, 9.17) is 0 Å². The molecular weight excluding hydrogens is 174 g/mol. The molecule has 0 spiro atoms. The minimum atomic E-state index is 0.00846. The van der Waals surface area contributed by atoms with Crippen molar-refractivity contribution in [3.05, 3.63) is 36.6 Å². The highest BCUT2D eigenvalue weighted by Gasteiger charge is 1.90. The van der Waals surface area contributed by atoms with Gasteiger partial charge in [-0.25, -0.2) is 0 Å². The molecule has 0 aromatic rings. The van der Waals surface area contributed by atoms with Crippen molar-refractivity contribution in [3.8, 4) is 0 Å². The minimum absolute atomic E-state index is 0.00846. The van der Waals surface area contributed by atoms with Crippen molar-refractivity contribution >= 4 is 11.5 Å². The molecule has 0 N–H and O–H groups in total. The predicted molar refractivity (Wildman–Crippen MR) is 61.5 cm³/mol. The summed E-state index contributed by atoms with van der Waals surface area (Å²) in [7, 11) is 0. The van der Waals surface area contributed by atoms with Gasteiger partial charge in [0, 0.05) is 11.8 Å². The predicted octanol–water partition coefficient (Wildman–Crippen LogP) is 3.07. The second-order valence-corrected chi connectivity index (χ2v) is 2.95. The molecule has 0 atom stereocenters. The summed E-state index contributed by atoms with van der Waals surface area (Å²) in [5, 5.41) is 0. The van der Waals surface area contributed by atoms with E-state index in [9.17, 15) is 4.79 Å². The third-order valence-electron chi connectivity index (χ3n) is 1.45. The van der Waals surface area contributed by atoms with Crippen LogP contribution in [-0.4, -0.2) is 11.5 Å². The normalized spacial score (nSPS) is 13.4. The van der Waals surface area contributed by atoms with E-state index in [2.05, 4.69) is 18.5 Å². The Balaban J connectivity index is 4.67. The highest BCUT2D eigenvalue weighted by molar-refractivity contribution is 6.04. The van der Waals surface area contributed by atoms with E-state index in [1.165, 1.54) is 13.0 Å². The van der Waals surface area contributed by atoms with Crippen LogP contribution in [0.15, 0.2) is 41.6 Å². The summed E-state index contributed by atoms with van der Waals surface area (Å²) in [4.78, 5) is 15.0. The number of carbonyl (C=O) groups excluding carboxylic acids is 1. The van der Waals surface area contributed by atoms with Gasteiger partial charge in [0.05, 0.1) is 5.71 Å². The van der Waals surface area contributed by atoms with Gasteiger partial charge < -0.3 is 0 Å². The van der Waals surface area contributed by atoms with Crippen LogP contribution >= 0.6 is 0 Å². The number of ketones is 1. The fourth-order valence-electron chi connectivity index (χ4n) is 0.920. The second-order valence-electron chi connectivity index (χ2n) is 2.95. The van der Waals surface area contributed by atoms with E-state index in [1.807, 2.05) is 12.2 Å². The first-order valence-electron chi connectivity index (χ1n) is 4.66. The molecule has 0 saturated heterocycles. The summed E-state index contributed by atoms with van der Waals surface area (Å²) in [5.74, 6) is 0.00846. The number of rotatable bonds is 5. The number of carbonyl (C=O) groups is 1. The Bertz CT molecular complexity index is 295. The maximum absolute atomic E-state index is 10.7. The van der Waals surface area contributed by atoms with E-state index < -0.39 is 0 Å². The molecule has 0 unspecified atom stereocenters. The fraction of sp³-hybridized carbons (Fsp3) is 0.333. The third-order valence-corrected chi connectivity index (χ3v) is 1.45. The average Bonchev–Trinajstić information content (AvgIpc) is 2.10. The number of aliphatic imine (C=N–C) groups is 1. The Kier molecular flexibility index (Phi) is 6.29. The Morgan fingerprint density at radius 1 is 1.43 bits per heavy atom. The number of nitrogens with zero attached hydrogens (tertiary/aromatic N) is 1. The molecule has 0 aromatic heterocycles. The molecule has 0 saturated carbocycles. The number of hydrogen-bond donors (Lipinski definition) is 0. The first kappa shape index (κ1) is 12.6. The molecular formula is C12H17NO. The lowest BCUT2D eigenvalue weighted by Gasteiger charge is -1.94. The van der Waals surface area contributed by atoms with Crippen LogP contribution in [0.3, 0.4) is 0 Å². The van der Waals surface area contributed by atoms with Crippen molar-refractivity contribution in [1.82, 2.24) is 0 Å². The Labute approximate surface area is 85.7 Å². The molecule has 2 heteroatoms. The summed E-state index contributed by atoms with van der Waals surface area (Å²) >= 11 is 0. The monoisotopic (exact) mass is 191 g/mol. The molecule has 76 valence electrons. The second kappa shape index (κ2) is 7.01. The maximum atomic E-state index is 10.7. The van der Waals surface area contributed by atoms with Gasteiger partial charge >= 0.3 is 0 Å². The number of allylic oxidation sites excluding steroid dienone is 5.